The zero-order valence-electron chi connectivity index (χ0n) is 11.5. The van der Waals surface area contributed by atoms with Crippen molar-refractivity contribution in [3.05, 3.63) is 62.2 Å². The van der Waals surface area contributed by atoms with Gasteiger partial charge < -0.3 is 10.1 Å². The van der Waals surface area contributed by atoms with Gasteiger partial charge in [0.1, 0.15) is 5.75 Å². The Morgan fingerprint density at radius 2 is 1.91 bits per heavy atom. The molecule has 23 heavy (non-hydrogen) atoms. The van der Waals surface area contributed by atoms with Gasteiger partial charge in [0.05, 0.1) is 5.56 Å². The SMILES string of the molecule is O=C(NCc1ccccc1OC(F)(F)F)c1cc(Cl)ccc1I. The van der Waals surface area contributed by atoms with Gasteiger partial charge in [-0.25, -0.2) is 0 Å². The van der Waals surface area contributed by atoms with Crippen LogP contribution in [0.1, 0.15) is 15.9 Å². The number of halogens is 5. The summed E-state index contributed by atoms with van der Waals surface area (Å²) in [5.74, 6) is -0.778. The summed E-state index contributed by atoms with van der Waals surface area (Å²) in [5, 5.41) is 2.96. The number of benzene rings is 2. The van der Waals surface area contributed by atoms with Crippen LogP contribution in [0.5, 0.6) is 5.75 Å². The second-order valence-electron chi connectivity index (χ2n) is 4.46. The molecule has 0 saturated heterocycles. The lowest BCUT2D eigenvalue weighted by Gasteiger charge is -2.14. The molecule has 0 aliphatic heterocycles. The molecule has 3 nitrogen and oxygen atoms in total. The third-order valence-corrected chi connectivity index (χ3v) is 3.99. The number of carbonyl (C=O) groups is 1. The lowest BCUT2D eigenvalue weighted by molar-refractivity contribution is -0.274. The van der Waals surface area contributed by atoms with Gasteiger partial charge in [-0.2, -0.15) is 0 Å². The molecular weight excluding hydrogens is 446 g/mol. The number of hydrogen-bond acceptors (Lipinski definition) is 2. The summed E-state index contributed by atoms with van der Waals surface area (Å²) in [5.41, 5.74) is 0.572. The number of carbonyl (C=O) groups excluding carboxylic acids is 1. The zero-order valence-corrected chi connectivity index (χ0v) is 14.4. The first-order valence-corrected chi connectivity index (χ1v) is 7.79. The van der Waals surface area contributed by atoms with E-state index in [1.807, 2.05) is 22.6 Å². The van der Waals surface area contributed by atoms with Crippen LogP contribution in [0.3, 0.4) is 0 Å². The van der Waals surface area contributed by atoms with Crippen molar-refractivity contribution in [2.45, 2.75) is 12.9 Å². The van der Waals surface area contributed by atoms with Crippen molar-refractivity contribution in [1.82, 2.24) is 5.32 Å². The summed E-state index contributed by atoms with van der Waals surface area (Å²) in [4.78, 5) is 12.1. The van der Waals surface area contributed by atoms with Crippen LogP contribution in [-0.2, 0) is 6.54 Å². The maximum Gasteiger partial charge on any atom is 0.573 e. The predicted molar refractivity (Wildman–Crippen MR) is 88.5 cm³/mol. The molecule has 2 aromatic rings. The fourth-order valence-electron chi connectivity index (χ4n) is 1.82. The Bertz CT molecular complexity index is 722. The van der Waals surface area contributed by atoms with Gasteiger partial charge >= 0.3 is 6.36 Å². The Hall–Kier alpha value is -1.48. The number of nitrogens with one attached hydrogen (secondary N) is 1. The molecule has 0 unspecified atom stereocenters. The molecule has 2 aromatic carbocycles. The van der Waals surface area contributed by atoms with Gasteiger partial charge in [0.2, 0.25) is 0 Å². The van der Waals surface area contributed by atoms with Gasteiger partial charge in [-0.05, 0) is 46.9 Å². The van der Waals surface area contributed by atoms with Crippen LogP contribution in [-0.4, -0.2) is 12.3 Å². The van der Waals surface area contributed by atoms with E-state index in [2.05, 4.69) is 10.1 Å². The number of alkyl halides is 3. The number of rotatable bonds is 4. The molecule has 0 heterocycles. The third-order valence-electron chi connectivity index (χ3n) is 2.81. The van der Waals surface area contributed by atoms with Crippen LogP contribution in [0.15, 0.2) is 42.5 Å². The van der Waals surface area contributed by atoms with Crippen LogP contribution in [0, 0.1) is 3.57 Å². The minimum atomic E-state index is -4.79. The second kappa shape index (κ2) is 7.39. The van der Waals surface area contributed by atoms with Gasteiger partial charge in [-0.15, -0.1) is 13.2 Å². The minimum Gasteiger partial charge on any atom is -0.405 e. The predicted octanol–water partition coefficient (Wildman–Crippen LogP) is 4.77. The average molecular weight is 456 g/mol. The number of amides is 1. The molecule has 1 N–H and O–H groups in total. The van der Waals surface area contributed by atoms with E-state index in [4.69, 9.17) is 11.6 Å². The van der Waals surface area contributed by atoms with Crippen molar-refractivity contribution in [2.24, 2.45) is 0 Å². The van der Waals surface area contributed by atoms with E-state index in [0.29, 0.717) is 14.2 Å². The van der Waals surface area contributed by atoms with E-state index < -0.39 is 12.3 Å². The summed E-state index contributed by atoms with van der Waals surface area (Å²) in [6.07, 6.45) is -4.79. The normalized spacial score (nSPS) is 11.2. The molecule has 0 aliphatic carbocycles. The highest BCUT2D eigenvalue weighted by molar-refractivity contribution is 14.1. The maximum atomic E-state index is 12.4. The van der Waals surface area contributed by atoms with Crippen LogP contribution < -0.4 is 10.1 Å². The highest BCUT2D eigenvalue weighted by atomic mass is 127. The summed E-state index contributed by atoms with van der Waals surface area (Å²) in [6, 6.07) is 10.4. The van der Waals surface area contributed by atoms with Crippen LogP contribution in [0.4, 0.5) is 13.2 Å². The number of hydrogen-bond donors (Lipinski definition) is 1. The topological polar surface area (TPSA) is 38.3 Å². The Balaban J connectivity index is 2.12. The summed E-state index contributed by atoms with van der Waals surface area (Å²) < 4.78 is 41.7. The Morgan fingerprint density at radius 3 is 2.61 bits per heavy atom. The van der Waals surface area contributed by atoms with E-state index >= 15 is 0 Å². The van der Waals surface area contributed by atoms with Crippen molar-refractivity contribution in [2.75, 3.05) is 0 Å². The lowest BCUT2D eigenvalue weighted by atomic mass is 10.1. The summed E-state index contributed by atoms with van der Waals surface area (Å²) >= 11 is 7.83. The van der Waals surface area contributed by atoms with Crippen LogP contribution in [0.2, 0.25) is 5.02 Å². The van der Waals surface area contributed by atoms with Gasteiger partial charge in [-0.1, -0.05) is 29.8 Å². The van der Waals surface area contributed by atoms with Crippen molar-refractivity contribution in [3.63, 3.8) is 0 Å². The lowest BCUT2D eigenvalue weighted by Crippen LogP contribution is -2.25. The first-order chi connectivity index (χ1) is 10.8. The minimum absolute atomic E-state index is 0.103. The van der Waals surface area contributed by atoms with E-state index in [9.17, 15) is 18.0 Å². The first-order valence-electron chi connectivity index (χ1n) is 6.33. The molecule has 8 heteroatoms. The van der Waals surface area contributed by atoms with Crippen molar-refractivity contribution in [3.8, 4) is 5.75 Å². The number of para-hydroxylation sites is 1. The molecule has 0 spiro atoms. The third kappa shape index (κ3) is 5.28. The fraction of sp³-hybridized carbons (Fsp3) is 0.133. The molecule has 0 fully saturated rings. The monoisotopic (exact) mass is 455 g/mol. The molecule has 0 bridgehead atoms. The highest BCUT2D eigenvalue weighted by Crippen LogP contribution is 2.26. The van der Waals surface area contributed by atoms with Gasteiger partial charge in [0, 0.05) is 20.7 Å². The molecule has 0 radical (unpaired) electrons. The van der Waals surface area contributed by atoms with E-state index in [-0.39, 0.29) is 17.9 Å². The molecule has 2 rings (SSSR count). The second-order valence-corrected chi connectivity index (χ2v) is 6.06. The van der Waals surface area contributed by atoms with Crippen LogP contribution in [0.25, 0.3) is 0 Å². The Kier molecular flexibility index (Phi) is 5.74. The van der Waals surface area contributed by atoms with E-state index in [1.165, 1.54) is 24.3 Å². The first kappa shape index (κ1) is 17.9. The molecule has 0 saturated carbocycles. The average Bonchev–Trinajstić information content (AvgIpc) is 2.47. The molecule has 0 aliphatic rings. The van der Waals surface area contributed by atoms with Crippen LogP contribution >= 0.6 is 34.2 Å². The molecule has 122 valence electrons. The molecule has 1 amide bonds. The quantitative estimate of drug-likeness (QED) is 0.675. The molecule has 0 atom stereocenters. The standard InChI is InChI=1S/C15H10ClF3INO2/c16-10-5-6-12(20)11(7-10)14(22)21-8-9-3-1-2-4-13(9)23-15(17,18)19/h1-7H,8H2,(H,21,22). The van der Waals surface area contributed by atoms with E-state index in [0.717, 1.165) is 0 Å². The number of ether oxygens (including phenoxy) is 1. The highest BCUT2D eigenvalue weighted by Gasteiger charge is 2.32. The van der Waals surface area contributed by atoms with E-state index in [1.54, 1.807) is 18.2 Å². The van der Waals surface area contributed by atoms with Gasteiger partial charge in [-0.3, -0.25) is 4.79 Å². The van der Waals surface area contributed by atoms with Crippen molar-refractivity contribution < 1.29 is 22.7 Å². The fourth-order valence-corrected chi connectivity index (χ4v) is 2.57. The zero-order chi connectivity index (χ0) is 17.0. The molecular formula is C15H10ClF3INO2. The Morgan fingerprint density at radius 1 is 1.22 bits per heavy atom. The van der Waals surface area contributed by atoms with Gasteiger partial charge in [0.15, 0.2) is 0 Å². The van der Waals surface area contributed by atoms with Gasteiger partial charge in [0.25, 0.3) is 5.91 Å². The summed E-state index contributed by atoms with van der Waals surface area (Å²) in [6.45, 7) is -0.103. The maximum absolute atomic E-state index is 12.4. The smallest absolute Gasteiger partial charge is 0.405 e. The van der Waals surface area contributed by atoms with Crippen molar-refractivity contribution >= 4 is 40.1 Å². The molecule has 0 aromatic heterocycles. The summed E-state index contributed by atoms with van der Waals surface area (Å²) in [7, 11) is 0. The largest absolute Gasteiger partial charge is 0.573 e. The Labute approximate surface area is 148 Å². The van der Waals surface area contributed by atoms with Crippen molar-refractivity contribution in [1.29, 1.82) is 0 Å².